The van der Waals surface area contributed by atoms with Crippen LogP contribution in [-0.2, 0) is 7.05 Å². The van der Waals surface area contributed by atoms with E-state index < -0.39 is 5.92 Å². The van der Waals surface area contributed by atoms with Gasteiger partial charge in [-0.2, -0.15) is 0 Å². The molecule has 31 heavy (non-hydrogen) atoms. The van der Waals surface area contributed by atoms with Crippen LogP contribution in [0.3, 0.4) is 0 Å². The summed E-state index contributed by atoms with van der Waals surface area (Å²) < 4.78 is 7.60. The maximum Gasteiger partial charge on any atom is 0.261 e. The summed E-state index contributed by atoms with van der Waals surface area (Å²) >= 11 is 0. The lowest BCUT2D eigenvalue weighted by Gasteiger charge is -2.16. The minimum atomic E-state index is -0.449. The molecule has 0 aliphatic rings. The van der Waals surface area contributed by atoms with Crippen molar-refractivity contribution in [3.63, 3.8) is 0 Å². The van der Waals surface area contributed by atoms with Crippen LogP contribution in [0, 0.1) is 5.41 Å². The van der Waals surface area contributed by atoms with Crippen LogP contribution in [0.4, 0.5) is 0 Å². The molecule has 3 aromatic rings. The quantitative estimate of drug-likeness (QED) is 0.415. The molecular weight excluding hydrogens is 406 g/mol. The number of hydrogen-bond donors (Lipinski definition) is 1. The van der Waals surface area contributed by atoms with E-state index in [0.717, 1.165) is 29.3 Å². The van der Waals surface area contributed by atoms with Crippen molar-refractivity contribution in [2.75, 3.05) is 13.7 Å². The van der Waals surface area contributed by atoms with Crippen LogP contribution < -0.4 is 15.5 Å². The molecule has 2 radical (unpaired) electrons. The topological polar surface area (TPSA) is 93.2 Å². The molecule has 0 spiro atoms. The molecular formula is C23H27N5O2Si. The third-order valence-electron chi connectivity index (χ3n) is 4.84. The summed E-state index contributed by atoms with van der Waals surface area (Å²) in [5.74, 6) is 0.755. The Hall–Kier alpha value is -3.13. The highest BCUT2D eigenvalue weighted by Crippen LogP contribution is 2.33. The Kier molecular flexibility index (Phi) is 7.46. The first-order valence-electron chi connectivity index (χ1n) is 10.3. The highest BCUT2D eigenvalue weighted by atomic mass is 28.2. The van der Waals surface area contributed by atoms with Gasteiger partial charge in [-0.1, -0.05) is 37.2 Å². The summed E-state index contributed by atoms with van der Waals surface area (Å²) in [6, 6.07) is 7.30. The third kappa shape index (κ3) is 4.79. The van der Waals surface area contributed by atoms with Crippen LogP contribution in [0.5, 0.6) is 5.75 Å². The maximum absolute atomic E-state index is 12.8. The molecule has 2 aromatic heterocycles. The second kappa shape index (κ2) is 10.3. The number of aromatic nitrogens is 3. The largest absolute Gasteiger partial charge is 0.493 e. The van der Waals surface area contributed by atoms with Crippen LogP contribution in [0.25, 0.3) is 22.0 Å². The van der Waals surface area contributed by atoms with Crippen molar-refractivity contribution in [3.8, 4) is 16.9 Å². The molecule has 1 atom stereocenters. The molecule has 0 saturated heterocycles. The van der Waals surface area contributed by atoms with E-state index in [1.807, 2.05) is 12.3 Å². The van der Waals surface area contributed by atoms with Gasteiger partial charge in [0.25, 0.3) is 5.56 Å². The number of fused-ring (bicyclic) bond motifs is 1. The second-order valence-corrected chi connectivity index (χ2v) is 8.78. The number of nitrogens with zero attached hydrogens (tertiary/aromatic N) is 4. The van der Waals surface area contributed by atoms with Gasteiger partial charge in [0.05, 0.1) is 32.9 Å². The molecule has 0 fully saturated rings. The lowest BCUT2D eigenvalue weighted by atomic mass is 10.0. The summed E-state index contributed by atoms with van der Waals surface area (Å²) in [5.41, 5.74) is 2.12. The van der Waals surface area contributed by atoms with E-state index in [4.69, 9.17) is 15.1 Å². The molecule has 1 N–H and O–H groups in total. The normalized spacial score (nSPS) is 12.4. The average Bonchev–Trinajstić information content (AvgIpc) is 2.79. The van der Waals surface area contributed by atoms with Crippen LogP contribution in [-0.4, -0.2) is 50.1 Å². The summed E-state index contributed by atoms with van der Waals surface area (Å²) in [5, 5.41) is 9.37. The van der Waals surface area contributed by atoms with E-state index >= 15 is 0 Å². The van der Waals surface area contributed by atoms with Crippen molar-refractivity contribution in [1.29, 1.82) is 5.41 Å². The molecule has 0 amide bonds. The van der Waals surface area contributed by atoms with Crippen molar-refractivity contribution >= 4 is 38.0 Å². The van der Waals surface area contributed by atoms with Crippen molar-refractivity contribution in [2.24, 2.45) is 12.0 Å². The van der Waals surface area contributed by atoms with Gasteiger partial charge in [0.1, 0.15) is 11.6 Å². The molecule has 3 rings (SSSR count). The molecule has 1 unspecified atom stereocenters. The van der Waals surface area contributed by atoms with E-state index in [9.17, 15) is 4.79 Å². The van der Waals surface area contributed by atoms with Crippen molar-refractivity contribution in [3.05, 3.63) is 46.8 Å². The van der Waals surface area contributed by atoms with E-state index in [0.29, 0.717) is 32.9 Å². The second-order valence-electron chi connectivity index (χ2n) is 7.14. The van der Waals surface area contributed by atoms with E-state index in [2.05, 4.69) is 36.0 Å². The van der Waals surface area contributed by atoms with E-state index in [1.165, 1.54) is 11.4 Å². The summed E-state index contributed by atoms with van der Waals surface area (Å²) in [4.78, 5) is 25.9. The Morgan fingerprint density at radius 3 is 2.81 bits per heavy atom. The van der Waals surface area contributed by atoms with Crippen molar-refractivity contribution < 1.29 is 4.74 Å². The number of nitrogens with one attached hydrogen (secondary N) is 1. The number of pyridine rings is 1. The van der Waals surface area contributed by atoms with Gasteiger partial charge in [-0.05, 0) is 12.5 Å². The van der Waals surface area contributed by atoms with Gasteiger partial charge in [0.2, 0.25) is 0 Å². The smallest absolute Gasteiger partial charge is 0.261 e. The molecule has 160 valence electrons. The van der Waals surface area contributed by atoms with Gasteiger partial charge in [-0.25, -0.2) is 9.97 Å². The predicted molar refractivity (Wildman–Crippen MR) is 128 cm³/mol. The SMILES string of the molecule is CCCOc1ccc([Si]CC)cc1-c1cn(C)c(=O)c2cnc(C(C=N)C=NC)nc12. The fourth-order valence-electron chi connectivity index (χ4n) is 3.36. The Morgan fingerprint density at radius 1 is 1.32 bits per heavy atom. The molecule has 0 aliphatic heterocycles. The fourth-order valence-corrected chi connectivity index (χ4v) is 4.21. The van der Waals surface area contributed by atoms with Crippen LogP contribution in [0.1, 0.15) is 32.0 Å². The van der Waals surface area contributed by atoms with Gasteiger partial charge in [0, 0.05) is 50.0 Å². The summed E-state index contributed by atoms with van der Waals surface area (Å²) in [6.45, 7) is 4.84. The standard InChI is InChI=1S/C23H27N5O2Si/c1-5-9-30-20-8-7-16(31-6-2)10-17(20)19-14-28(4)23(29)18-13-26-22(27-21(18)19)15(11-24)12-25-3/h7-8,10-15,24H,5-6,9H2,1-4H3. The average molecular weight is 434 g/mol. The number of ether oxygens (including phenoxy) is 1. The molecule has 0 saturated carbocycles. The first kappa shape index (κ1) is 22.5. The Bertz CT molecular complexity index is 1170. The summed E-state index contributed by atoms with van der Waals surface area (Å²) in [6.07, 6.45) is 7.12. The monoisotopic (exact) mass is 433 g/mol. The first-order chi connectivity index (χ1) is 15.0. The lowest BCUT2D eigenvalue weighted by molar-refractivity contribution is 0.319. The zero-order valence-corrected chi connectivity index (χ0v) is 19.3. The predicted octanol–water partition coefficient (Wildman–Crippen LogP) is 2.99. The first-order valence-corrected chi connectivity index (χ1v) is 11.5. The van der Waals surface area contributed by atoms with Crippen LogP contribution in [0.2, 0.25) is 6.04 Å². The van der Waals surface area contributed by atoms with Crippen LogP contribution in [0.15, 0.2) is 40.4 Å². The van der Waals surface area contributed by atoms with Gasteiger partial charge in [-0.3, -0.25) is 9.79 Å². The molecule has 0 aliphatic carbocycles. The number of hydrogen-bond acceptors (Lipinski definition) is 6. The number of rotatable bonds is 9. The Morgan fingerprint density at radius 2 is 2.13 bits per heavy atom. The maximum atomic E-state index is 12.8. The highest BCUT2D eigenvalue weighted by molar-refractivity contribution is 6.53. The minimum Gasteiger partial charge on any atom is -0.493 e. The van der Waals surface area contributed by atoms with E-state index in [-0.39, 0.29) is 5.56 Å². The fraction of sp³-hybridized carbons (Fsp3) is 0.348. The minimum absolute atomic E-state index is 0.163. The molecule has 1 aromatic carbocycles. The van der Waals surface area contributed by atoms with Gasteiger partial charge in [0.15, 0.2) is 0 Å². The molecule has 2 heterocycles. The third-order valence-corrected chi connectivity index (χ3v) is 5.91. The van der Waals surface area contributed by atoms with Gasteiger partial charge in [-0.15, -0.1) is 0 Å². The molecule has 8 heteroatoms. The number of aliphatic imine (C=N–C) groups is 1. The highest BCUT2D eigenvalue weighted by Gasteiger charge is 2.18. The van der Waals surface area contributed by atoms with Gasteiger partial charge < -0.3 is 14.7 Å². The van der Waals surface area contributed by atoms with E-state index in [1.54, 1.807) is 31.1 Å². The zero-order chi connectivity index (χ0) is 22.4. The molecule has 0 bridgehead atoms. The van der Waals surface area contributed by atoms with Crippen molar-refractivity contribution in [2.45, 2.75) is 32.2 Å². The van der Waals surface area contributed by atoms with Gasteiger partial charge >= 0.3 is 0 Å². The lowest BCUT2D eigenvalue weighted by Crippen LogP contribution is -2.19. The molecule has 7 nitrogen and oxygen atoms in total. The number of benzene rings is 1. The van der Waals surface area contributed by atoms with Crippen molar-refractivity contribution in [1.82, 2.24) is 14.5 Å². The Labute approximate surface area is 184 Å². The zero-order valence-electron chi connectivity index (χ0n) is 18.3. The summed E-state index contributed by atoms with van der Waals surface area (Å²) in [7, 11) is 4.07. The number of aryl methyl sites for hydroxylation is 1. The Balaban J connectivity index is 2.32. The van der Waals surface area contributed by atoms with Crippen LogP contribution >= 0.6 is 0 Å².